The normalized spacial score (nSPS) is 12.4. The molecule has 0 bridgehead atoms. The third-order valence-electron chi connectivity index (χ3n) is 2.84. The minimum atomic E-state index is -0.593. The van der Waals surface area contributed by atoms with Crippen LogP contribution in [0.2, 0.25) is 5.02 Å². The summed E-state index contributed by atoms with van der Waals surface area (Å²) < 4.78 is 1.06. The van der Waals surface area contributed by atoms with E-state index in [0.717, 1.165) is 16.6 Å². The fraction of sp³-hybridized carbons (Fsp3) is 0.200. The molecule has 1 atom stereocenters. The van der Waals surface area contributed by atoms with Gasteiger partial charge in [0.1, 0.15) is 0 Å². The number of aliphatic hydroxyl groups excluding tert-OH is 1. The number of benzene rings is 2. The van der Waals surface area contributed by atoms with Crippen LogP contribution in [-0.2, 0) is 6.54 Å². The summed E-state index contributed by atoms with van der Waals surface area (Å²) in [4.78, 5) is 0. The van der Waals surface area contributed by atoms with Gasteiger partial charge in [-0.15, -0.1) is 0 Å². The van der Waals surface area contributed by atoms with Crippen LogP contribution in [0.25, 0.3) is 0 Å². The Hall–Kier alpha value is -0.870. The van der Waals surface area contributed by atoms with E-state index in [1.165, 1.54) is 5.56 Å². The second-order valence-corrected chi connectivity index (χ2v) is 5.62. The molecule has 19 heavy (non-hydrogen) atoms. The molecule has 2 rings (SSSR count). The molecule has 0 fully saturated rings. The van der Waals surface area contributed by atoms with Crippen LogP contribution < -0.4 is 5.32 Å². The van der Waals surface area contributed by atoms with Crippen molar-refractivity contribution in [2.24, 2.45) is 0 Å². The average Bonchev–Trinajstić information content (AvgIpc) is 2.41. The predicted octanol–water partition coefficient (Wildman–Crippen LogP) is 3.93. The van der Waals surface area contributed by atoms with Gasteiger partial charge in [-0.05, 0) is 23.8 Å². The van der Waals surface area contributed by atoms with E-state index in [9.17, 15) is 5.11 Å². The van der Waals surface area contributed by atoms with Gasteiger partial charge in [0.2, 0.25) is 0 Å². The van der Waals surface area contributed by atoms with Crippen LogP contribution in [0.1, 0.15) is 17.2 Å². The lowest BCUT2D eigenvalue weighted by atomic mass is 10.1. The van der Waals surface area contributed by atoms with Crippen molar-refractivity contribution in [2.75, 3.05) is 6.54 Å². The molecule has 0 aliphatic rings. The molecule has 0 aliphatic carbocycles. The Labute approximate surface area is 126 Å². The standard InChI is InChI=1S/C15H15BrClNO/c16-12-7-5-11(6-8-12)9-18-10-15(19)13-3-1-2-4-14(13)17/h1-8,15,18-19H,9-10H2. The van der Waals surface area contributed by atoms with E-state index in [4.69, 9.17) is 11.6 Å². The quantitative estimate of drug-likeness (QED) is 0.864. The molecular formula is C15H15BrClNO. The van der Waals surface area contributed by atoms with E-state index >= 15 is 0 Å². The first-order valence-electron chi connectivity index (χ1n) is 6.04. The monoisotopic (exact) mass is 339 g/mol. The predicted molar refractivity (Wildman–Crippen MR) is 82.3 cm³/mol. The Balaban J connectivity index is 1.86. The van der Waals surface area contributed by atoms with Gasteiger partial charge < -0.3 is 10.4 Å². The van der Waals surface area contributed by atoms with Gasteiger partial charge in [-0.25, -0.2) is 0 Å². The van der Waals surface area contributed by atoms with Crippen molar-refractivity contribution in [3.8, 4) is 0 Å². The fourth-order valence-corrected chi connectivity index (χ4v) is 2.34. The molecule has 2 aromatic rings. The molecule has 4 heteroatoms. The summed E-state index contributed by atoms with van der Waals surface area (Å²) >= 11 is 9.44. The number of aliphatic hydroxyl groups is 1. The van der Waals surface area contributed by atoms with Crippen molar-refractivity contribution in [3.63, 3.8) is 0 Å². The van der Waals surface area contributed by atoms with Gasteiger partial charge in [0.05, 0.1) is 6.10 Å². The molecule has 0 saturated heterocycles. The van der Waals surface area contributed by atoms with Gasteiger partial charge in [0.25, 0.3) is 0 Å². The summed E-state index contributed by atoms with van der Waals surface area (Å²) in [7, 11) is 0. The summed E-state index contributed by atoms with van der Waals surface area (Å²) in [6, 6.07) is 15.4. The minimum Gasteiger partial charge on any atom is -0.387 e. The third kappa shape index (κ3) is 4.32. The van der Waals surface area contributed by atoms with Gasteiger partial charge in [0, 0.05) is 28.1 Å². The van der Waals surface area contributed by atoms with E-state index in [-0.39, 0.29) is 0 Å². The maximum Gasteiger partial charge on any atom is 0.0928 e. The van der Waals surface area contributed by atoms with Crippen LogP contribution >= 0.6 is 27.5 Å². The summed E-state index contributed by atoms with van der Waals surface area (Å²) in [6.07, 6.45) is -0.593. The Bertz CT molecular complexity index is 530. The lowest BCUT2D eigenvalue weighted by Gasteiger charge is -2.13. The second-order valence-electron chi connectivity index (χ2n) is 4.29. The summed E-state index contributed by atoms with van der Waals surface area (Å²) in [5, 5.41) is 13.9. The van der Waals surface area contributed by atoms with Crippen LogP contribution in [0.15, 0.2) is 53.0 Å². The first-order chi connectivity index (χ1) is 9.16. The number of nitrogens with one attached hydrogen (secondary N) is 1. The molecule has 0 heterocycles. The smallest absolute Gasteiger partial charge is 0.0928 e. The van der Waals surface area contributed by atoms with Crippen LogP contribution in [0.4, 0.5) is 0 Å². The van der Waals surface area contributed by atoms with Crippen molar-refractivity contribution in [1.29, 1.82) is 0 Å². The largest absolute Gasteiger partial charge is 0.387 e. The highest BCUT2D eigenvalue weighted by molar-refractivity contribution is 9.10. The SMILES string of the molecule is OC(CNCc1ccc(Br)cc1)c1ccccc1Cl. The van der Waals surface area contributed by atoms with Crippen LogP contribution in [0.5, 0.6) is 0 Å². The van der Waals surface area contributed by atoms with E-state index in [0.29, 0.717) is 11.6 Å². The first-order valence-corrected chi connectivity index (χ1v) is 7.21. The number of halogens is 2. The average molecular weight is 341 g/mol. The van der Waals surface area contributed by atoms with E-state index in [2.05, 4.69) is 21.2 Å². The molecule has 2 N–H and O–H groups in total. The zero-order chi connectivity index (χ0) is 13.7. The highest BCUT2D eigenvalue weighted by Gasteiger charge is 2.10. The third-order valence-corrected chi connectivity index (χ3v) is 3.72. The van der Waals surface area contributed by atoms with Crippen molar-refractivity contribution in [3.05, 3.63) is 69.2 Å². The Kier molecular flexibility index (Phi) is 5.40. The van der Waals surface area contributed by atoms with Crippen molar-refractivity contribution >= 4 is 27.5 Å². The molecule has 0 aliphatic heterocycles. The molecule has 1 unspecified atom stereocenters. The lowest BCUT2D eigenvalue weighted by molar-refractivity contribution is 0.174. The minimum absolute atomic E-state index is 0.472. The summed E-state index contributed by atoms with van der Waals surface area (Å²) in [6.45, 7) is 1.19. The maximum absolute atomic E-state index is 10.1. The number of hydrogen-bond acceptors (Lipinski definition) is 2. The zero-order valence-corrected chi connectivity index (χ0v) is 12.7. The van der Waals surface area contributed by atoms with Crippen molar-refractivity contribution in [1.82, 2.24) is 5.32 Å². The Morgan fingerprint density at radius 1 is 1.11 bits per heavy atom. The molecular weight excluding hydrogens is 326 g/mol. The summed E-state index contributed by atoms with van der Waals surface area (Å²) in [5.41, 5.74) is 1.93. The highest BCUT2D eigenvalue weighted by atomic mass is 79.9. The fourth-order valence-electron chi connectivity index (χ4n) is 1.81. The molecule has 0 spiro atoms. The Morgan fingerprint density at radius 2 is 1.79 bits per heavy atom. The number of hydrogen-bond donors (Lipinski definition) is 2. The van der Waals surface area contributed by atoms with Gasteiger partial charge in [0.15, 0.2) is 0 Å². The van der Waals surface area contributed by atoms with Crippen LogP contribution in [0.3, 0.4) is 0 Å². The summed E-state index contributed by atoms with van der Waals surface area (Å²) in [5.74, 6) is 0. The number of rotatable bonds is 5. The molecule has 100 valence electrons. The second kappa shape index (κ2) is 7.06. The molecule has 0 amide bonds. The maximum atomic E-state index is 10.1. The van der Waals surface area contributed by atoms with Gasteiger partial charge in [-0.3, -0.25) is 0 Å². The van der Waals surface area contributed by atoms with Crippen molar-refractivity contribution < 1.29 is 5.11 Å². The van der Waals surface area contributed by atoms with E-state index in [1.807, 2.05) is 42.5 Å². The molecule has 0 radical (unpaired) electrons. The van der Waals surface area contributed by atoms with E-state index < -0.39 is 6.10 Å². The van der Waals surface area contributed by atoms with Gasteiger partial charge >= 0.3 is 0 Å². The molecule has 0 saturated carbocycles. The Morgan fingerprint density at radius 3 is 2.47 bits per heavy atom. The van der Waals surface area contributed by atoms with Crippen molar-refractivity contribution in [2.45, 2.75) is 12.6 Å². The first kappa shape index (κ1) is 14.5. The molecule has 2 nitrogen and oxygen atoms in total. The highest BCUT2D eigenvalue weighted by Crippen LogP contribution is 2.21. The van der Waals surface area contributed by atoms with Crippen LogP contribution in [0, 0.1) is 0 Å². The lowest BCUT2D eigenvalue weighted by Crippen LogP contribution is -2.21. The van der Waals surface area contributed by atoms with Gasteiger partial charge in [-0.1, -0.05) is 57.9 Å². The van der Waals surface area contributed by atoms with Crippen LogP contribution in [-0.4, -0.2) is 11.7 Å². The molecule has 0 aromatic heterocycles. The topological polar surface area (TPSA) is 32.3 Å². The molecule has 2 aromatic carbocycles. The zero-order valence-electron chi connectivity index (χ0n) is 10.3. The van der Waals surface area contributed by atoms with Gasteiger partial charge in [-0.2, -0.15) is 0 Å². The van der Waals surface area contributed by atoms with E-state index in [1.54, 1.807) is 6.07 Å².